The van der Waals surface area contributed by atoms with Gasteiger partial charge in [0.15, 0.2) is 0 Å². The summed E-state index contributed by atoms with van der Waals surface area (Å²) in [7, 11) is 0. The molecule has 6 nitrogen and oxygen atoms in total. The van der Waals surface area contributed by atoms with Gasteiger partial charge in [-0.05, 0) is 55.9 Å². The molecule has 1 fully saturated rings. The Morgan fingerprint density at radius 1 is 1.12 bits per heavy atom. The molecule has 0 spiro atoms. The molecule has 0 bridgehead atoms. The second kappa shape index (κ2) is 8.09. The highest BCUT2D eigenvalue weighted by atomic mass is 19.4. The lowest BCUT2D eigenvalue weighted by Gasteiger charge is -2.28. The van der Waals surface area contributed by atoms with Crippen LogP contribution in [0.4, 0.5) is 28.4 Å². The Bertz CT molecular complexity index is 597. The number of urea groups is 1. The number of halogens is 3. The van der Waals surface area contributed by atoms with E-state index < -0.39 is 23.9 Å². The van der Waals surface area contributed by atoms with Crippen molar-refractivity contribution in [1.82, 2.24) is 5.32 Å². The van der Waals surface area contributed by atoms with Gasteiger partial charge in [-0.1, -0.05) is 0 Å². The lowest BCUT2D eigenvalue weighted by Crippen LogP contribution is -2.40. The van der Waals surface area contributed by atoms with Gasteiger partial charge < -0.3 is 21.1 Å². The van der Waals surface area contributed by atoms with Crippen LogP contribution >= 0.6 is 0 Å². The maximum atomic E-state index is 12.5. The summed E-state index contributed by atoms with van der Waals surface area (Å²) in [5.74, 6) is 0.225. The minimum Gasteiger partial charge on any atom is -0.449 e. The second-order valence-corrected chi connectivity index (χ2v) is 6.02. The van der Waals surface area contributed by atoms with Crippen molar-refractivity contribution in [3.8, 4) is 0 Å². The number of hydrogen-bond donors (Lipinski definition) is 3. The van der Waals surface area contributed by atoms with Crippen LogP contribution in [0.1, 0.15) is 31.2 Å². The minimum atomic E-state index is -4.41. The molecule has 25 heavy (non-hydrogen) atoms. The molecule has 0 unspecified atom stereocenters. The maximum absolute atomic E-state index is 12.5. The van der Waals surface area contributed by atoms with Crippen molar-refractivity contribution < 1.29 is 27.5 Å². The first-order valence-electron chi connectivity index (χ1n) is 7.91. The molecule has 0 aliphatic heterocycles. The van der Waals surface area contributed by atoms with Gasteiger partial charge in [-0.15, -0.1) is 0 Å². The molecule has 1 aromatic rings. The van der Waals surface area contributed by atoms with Crippen LogP contribution in [0.2, 0.25) is 0 Å². The summed E-state index contributed by atoms with van der Waals surface area (Å²) in [5, 5.41) is 5.31. The summed E-state index contributed by atoms with van der Waals surface area (Å²) < 4.78 is 42.2. The van der Waals surface area contributed by atoms with Crippen LogP contribution in [0.5, 0.6) is 0 Å². The van der Waals surface area contributed by atoms with E-state index in [1.54, 1.807) is 0 Å². The Hall–Kier alpha value is -2.45. The number of anilines is 1. The van der Waals surface area contributed by atoms with E-state index in [2.05, 4.69) is 10.6 Å². The van der Waals surface area contributed by atoms with Crippen LogP contribution in [-0.2, 0) is 10.9 Å². The van der Waals surface area contributed by atoms with Crippen molar-refractivity contribution in [2.45, 2.75) is 37.9 Å². The fraction of sp³-hybridized carbons (Fsp3) is 0.500. The molecule has 0 heterocycles. The number of benzene rings is 1. The highest BCUT2D eigenvalue weighted by molar-refractivity contribution is 5.89. The van der Waals surface area contributed by atoms with Crippen molar-refractivity contribution >= 4 is 17.8 Å². The first kappa shape index (κ1) is 18.9. The molecular weight excluding hydrogens is 339 g/mol. The van der Waals surface area contributed by atoms with Crippen LogP contribution in [0.25, 0.3) is 0 Å². The average Bonchev–Trinajstić information content (AvgIpc) is 2.53. The van der Waals surface area contributed by atoms with Crippen molar-refractivity contribution in [3.63, 3.8) is 0 Å². The van der Waals surface area contributed by atoms with Gasteiger partial charge in [-0.2, -0.15) is 13.2 Å². The number of ether oxygens (including phenoxy) is 1. The molecule has 9 heteroatoms. The lowest BCUT2D eigenvalue weighted by atomic mass is 9.86. The van der Waals surface area contributed by atoms with E-state index in [1.807, 2.05) is 0 Å². The third-order valence-electron chi connectivity index (χ3n) is 4.11. The first-order chi connectivity index (χ1) is 11.7. The van der Waals surface area contributed by atoms with Crippen LogP contribution in [0.3, 0.4) is 0 Å². The molecule has 4 N–H and O–H groups in total. The quantitative estimate of drug-likeness (QED) is 0.768. The molecule has 0 radical (unpaired) electrons. The molecule has 1 aromatic carbocycles. The summed E-state index contributed by atoms with van der Waals surface area (Å²) >= 11 is 0. The molecule has 3 amide bonds. The summed E-state index contributed by atoms with van der Waals surface area (Å²) in [6, 6.07) is 3.76. The van der Waals surface area contributed by atoms with E-state index in [-0.39, 0.29) is 24.3 Å². The predicted octanol–water partition coefficient (Wildman–Crippen LogP) is 3.48. The Morgan fingerprint density at radius 3 is 2.24 bits per heavy atom. The Labute approximate surface area is 142 Å². The van der Waals surface area contributed by atoms with Gasteiger partial charge in [0.25, 0.3) is 0 Å². The molecule has 1 aliphatic rings. The molecule has 1 aliphatic carbocycles. The molecule has 1 saturated carbocycles. The zero-order valence-corrected chi connectivity index (χ0v) is 13.4. The van der Waals surface area contributed by atoms with E-state index >= 15 is 0 Å². The van der Waals surface area contributed by atoms with Gasteiger partial charge in [-0.3, -0.25) is 0 Å². The normalized spacial score (nSPS) is 20.6. The molecule has 0 aromatic heterocycles. The third kappa shape index (κ3) is 6.17. The first-order valence-corrected chi connectivity index (χ1v) is 7.91. The summed E-state index contributed by atoms with van der Waals surface area (Å²) in [5.41, 5.74) is 4.44. The summed E-state index contributed by atoms with van der Waals surface area (Å²) in [4.78, 5) is 22.5. The van der Waals surface area contributed by atoms with Crippen molar-refractivity contribution in [2.24, 2.45) is 11.7 Å². The van der Waals surface area contributed by atoms with Gasteiger partial charge >= 0.3 is 18.3 Å². The van der Waals surface area contributed by atoms with Crippen molar-refractivity contribution in [2.75, 3.05) is 11.9 Å². The van der Waals surface area contributed by atoms with Gasteiger partial charge in [0.1, 0.15) is 0 Å². The number of alkyl halides is 3. The van der Waals surface area contributed by atoms with E-state index in [0.29, 0.717) is 0 Å². The van der Waals surface area contributed by atoms with Gasteiger partial charge in [0.2, 0.25) is 0 Å². The highest BCUT2D eigenvalue weighted by Gasteiger charge is 2.30. The van der Waals surface area contributed by atoms with Crippen molar-refractivity contribution in [1.29, 1.82) is 0 Å². The number of primary amides is 1. The van der Waals surface area contributed by atoms with E-state index in [9.17, 15) is 22.8 Å². The maximum Gasteiger partial charge on any atom is 0.416 e. The van der Waals surface area contributed by atoms with E-state index in [0.717, 1.165) is 37.8 Å². The zero-order valence-electron chi connectivity index (χ0n) is 13.4. The van der Waals surface area contributed by atoms with Gasteiger partial charge in [-0.25, -0.2) is 9.59 Å². The van der Waals surface area contributed by atoms with Crippen LogP contribution in [-0.4, -0.2) is 24.8 Å². The van der Waals surface area contributed by atoms with Crippen LogP contribution in [0, 0.1) is 5.92 Å². The monoisotopic (exact) mass is 359 g/mol. The summed E-state index contributed by atoms with van der Waals surface area (Å²) in [6.07, 6.45) is -2.16. The second-order valence-electron chi connectivity index (χ2n) is 6.02. The molecular formula is C16H20F3N3O3. The number of carbonyl (C=O) groups excluding carboxylic acids is 2. The largest absolute Gasteiger partial charge is 0.449 e. The number of carbonyl (C=O) groups is 2. The smallest absolute Gasteiger partial charge is 0.416 e. The van der Waals surface area contributed by atoms with E-state index in [1.165, 1.54) is 12.1 Å². The van der Waals surface area contributed by atoms with Gasteiger partial charge in [0.05, 0.1) is 12.2 Å². The fourth-order valence-corrected chi connectivity index (χ4v) is 2.77. The number of rotatable bonds is 4. The number of hydrogen-bond acceptors (Lipinski definition) is 3. The van der Waals surface area contributed by atoms with Gasteiger partial charge in [0, 0.05) is 11.7 Å². The fourth-order valence-electron chi connectivity index (χ4n) is 2.77. The molecule has 0 atom stereocenters. The number of nitrogens with two attached hydrogens (primary N) is 1. The Balaban J connectivity index is 1.75. The SMILES string of the molecule is NC(=O)OCC1CCC(NC(=O)Nc2ccc(C(F)(F)F)cc2)CC1. The molecule has 138 valence electrons. The topological polar surface area (TPSA) is 93.5 Å². The van der Waals surface area contributed by atoms with E-state index in [4.69, 9.17) is 10.5 Å². The van der Waals surface area contributed by atoms with Crippen LogP contribution < -0.4 is 16.4 Å². The number of amides is 3. The average molecular weight is 359 g/mol. The zero-order chi connectivity index (χ0) is 18.4. The predicted molar refractivity (Wildman–Crippen MR) is 84.9 cm³/mol. The Kier molecular flexibility index (Phi) is 6.11. The molecule has 0 saturated heterocycles. The highest BCUT2D eigenvalue weighted by Crippen LogP contribution is 2.30. The van der Waals surface area contributed by atoms with Crippen molar-refractivity contribution in [3.05, 3.63) is 29.8 Å². The third-order valence-corrected chi connectivity index (χ3v) is 4.11. The molecule has 2 rings (SSSR count). The summed E-state index contributed by atoms with van der Waals surface area (Å²) in [6.45, 7) is 0.278. The number of nitrogens with one attached hydrogen (secondary N) is 2. The van der Waals surface area contributed by atoms with Crippen LogP contribution in [0.15, 0.2) is 24.3 Å². The minimum absolute atomic E-state index is 0.0284. The lowest BCUT2D eigenvalue weighted by molar-refractivity contribution is -0.137. The standard InChI is InChI=1S/C16H20F3N3O3/c17-16(18,19)11-3-7-13(8-4-11)22-15(24)21-12-5-1-10(2-6-12)9-25-14(20)23/h3-4,7-8,10,12H,1-2,5-6,9H2,(H2,20,23)(H2,21,22,24). The Morgan fingerprint density at radius 2 is 1.72 bits per heavy atom.